The number of anilines is 1. The van der Waals surface area contributed by atoms with Crippen molar-refractivity contribution >= 4 is 41.5 Å². The Kier molecular flexibility index (Phi) is 10.6. The van der Waals surface area contributed by atoms with E-state index >= 15 is 0 Å². The molecule has 1 aliphatic rings. The minimum absolute atomic E-state index is 0.0786. The van der Waals surface area contributed by atoms with Crippen molar-refractivity contribution in [2.75, 3.05) is 11.7 Å². The standard InChI is InChI=1S/C28H31BrN3O10P/c1-28(2,32(21-11-7-4-8-12-21)39-17-19-9-5-3-6-10-19)26(35)42-43(37,38)40-18-23-22(33)15-24(41-23)31-16-20(13-14-29)25(34)30-27(31)36/h3-14,16,22-24,33H,15,17-18H2,1-2H3,(H,37,38)(H,30,34,36)/b14-13+/t22-,23+,24+/m0/s1. The van der Waals surface area contributed by atoms with Gasteiger partial charge in [0.2, 0.25) is 0 Å². The molecule has 2 heterocycles. The van der Waals surface area contributed by atoms with Gasteiger partial charge in [-0.05, 0) is 42.6 Å². The van der Waals surface area contributed by atoms with Crippen LogP contribution in [0, 0.1) is 0 Å². The van der Waals surface area contributed by atoms with Crippen LogP contribution < -0.4 is 16.3 Å². The summed E-state index contributed by atoms with van der Waals surface area (Å²) in [5.41, 5.74) is -1.50. The van der Waals surface area contributed by atoms with E-state index < -0.39 is 55.6 Å². The number of H-pyrrole nitrogens is 1. The zero-order valence-electron chi connectivity index (χ0n) is 23.2. The lowest BCUT2D eigenvalue weighted by atomic mass is 10.0. The first-order valence-corrected chi connectivity index (χ1v) is 15.5. The van der Waals surface area contributed by atoms with Crippen molar-refractivity contribution in [3.8, 4) is 0 Å². The Hall–Kier alpha value is -3.36. The fourth-order valence-electron chi connectivity index (χ4n) is 4.27. The van der Waals surface area contributed by atoms with E-state index in [1.165, 1.54) is 36.2 Å². The first kappa shape index (κ1) is 32.6. The zero-order valence-corrected chi connectivity index (χ0v) is 25.7. The number of aromatic nitrogens is 2. The normalized spacial score (nSPS) is 20.2. The van der Waals surface area contributed by atoms with E-state index in [1.807, 2.05) is 30.3 Å². The van der Waals surface area contributed by atoms with Crippen molar-refractivity contribution in [1.29, 1.82) is 0 Å². The third kappa shape index (κ3) is 8.18. The van der Waals surface area contributed by atoms with E-state index in [0.717, 1.165) is 10.1 Å². The van der Waals surface area contributed by atoms with E-state index in [2.05, 4.69) is 20.9 Å². The highest BCUT2D eigenvalue weighted by Crippen LogP contribution is 2.46. The number of nitrogens with zero attached hydrogens (tertiary/aromatic N) is 2. The Bertz CT molecular complexity index is 1600. The molecule has 230 valence electrons. The largest absolute Gasteiger partial charge is 0.529 e. The van der Waals surface area contributed by atoms with E-state index in [-0.39, 0.29) is 18.6 Å². The molecule has 3 N–H and O–H groups in total. The fourth-order valence-corrected chi connectivity index (χ4v) is 5.37. The third-order valence-electron chi connectivity index (χ3n) is 6.55. The number of phosphoric acid groups is 1. The number of halogens is 1. The number of hydrogen-bond donors (Lipinski definition) is 3. The molecule has 1 aromatic heterocycles. The molecule has 4 atom stereocenters. The number of hydroxylamine groups is 1. The van der Waals surface area contributed by atoms with E-state index in [4.69, 9.17) is 18.6 Å². The number of hydrogen-bond acceptors (Lipinski definition) is 10. The number of rotatable bonds is 12. The SMILES string of the molecule is CC(C)(C(=O)OP(=O)(O)OC[C@H]1O[C@@H](n2cc(/C=C/Br)c(=O)[nH]c2=O)C[C@@H]1O)N(OCc1ccccc1)c1ccccc1. The summed E-state index contributed by atoms with van der Waals surface area (Å²) in [6, 6.07) is 17.9. The van der Waals surface area contributed by atoms with Gasteiger partial charge in [0.1, 0.15) is 12.3 Å². The predicted molar refractivity (Wildman–Crippen MR) is 160 cm³/mol. The Morgan fingerprint density at radius 2 is 1.84 bits per heavy atom. The minimum atomic E-state index is -5.01. The van der Waals surface area contributed by atoms with E-state index in [1.54, 1.807) is 30.3 Å². The summed E-state index contributed by atoms with van der Waals surface area (Å²) in [5, 5.41) is 11.8. The summed E-state index contributed by atoms with van der Waals surface area (Å²) in [4.78, 5) is 57.5. The molecule has 0 amide bonds. The third-order valence-corrected chi connectivity index (χ3v) is 7.69. The van der Waals surface area contributed by atoms with Crippen LogP contribution in [0.4, 0.5) is 5.69 Å². The van der Waals surface area contributed by atoms with Crippen LogP contribution in [-0.4, -0.2) is 49.9 Å². The molecule has 0 bridgehead atoms. The second-order valence-electron chi connectivity index (χ2n) is 10.1. The van der Waals surface area contributed by atoms with Crippen molar-refractivity contribution in [3.05, 3.63) is 104 Å². The average Bonchev–Trinajstić information content (AvgIpc) is 3.34. The molecule has 0 saturated carbocycles. The second kappa shape index (κ2) is 14.0. The number of aliphatic hydroxyl groups excluding tert-OH is 1. The summed E-state index contributed by atoms with van der Waals surface area (Å²) in [6.07, 6.45) is -0.753. The van der Waals surface area contributed by atoms with Crippen molar-refractivity contribution in [2.24, 2.45) is 0 Å². The van der Waals surface area contributed by atoms with Crippen molar-refractivity contribution < 1.29 is 38.0 Å². The van der Waals surface area contributed by atoms with Crippen LogP contribution in [0.2, 0.25) is 0 Å². The molecule has 0 aliphatic carbocycles. The molecular weight excluding hydrogens is 649 g/mol. The van der Waals surface area contributed by atoms with Crippen LogP contribution >= 0.6 is 23.8 Å². The molecule has 2 aromatic carbocycles. The smallest absolute Gasteiger partial charge is 0.390 e. The maximum absolute atomic E-state index is 13.2. The number of carbonyl (C=O) groups excluding carboxylic acids is 1. The Labute approximate surface area is 255 Å². The Balaban J connectivity index is 1.42. The fraction of sp³-hybridized carbons (Fsp3) is 0.321. The van der Waals surface area contributed by atoms with Crippen molar-refractivity contribution in [2.45, 2.75) is 50.8 Å². The van der Waals surface area contributed by atoms with Crippen molar-refractivity contribution in [1.82, 2.24) is 9.55 Å². The number of carbonyl (C=O) groups is 1. The summed E-state index contributed by atoms with van der Waals surface area (Å²) >= 11 is 3.07. The molecule has 0 radical (unpaired) electrons. The van der Waals surface area contributed by atoms with Crippen LogP contribution in [0.15, 0.2) is 81.4 Å². The summed E-state index contributed by atoms with van der Waals surface area (Å²) < 4.78 is 29.5. The molecule has 4 rings (SSSR count). The van der Waals surface area contributed by atoms with Crippen LogP contribution in [0.25, 0.3) is 6.08 Å². The average molecular weight is 680 g/mol. The summed E-state index contributed by atoms with van der Waals surface area (Å²) in [6.45, 7) is 2.38. The summed E-state index contributed by atoms with van der Waals surface area (Å²) in [7, 11) is -5.01. The van der Waals surface area contributed by atoms with Crippen molar-refractivity contribution in [3.63, 3.8) is 0 Å². The maximum atomic E-state index is 13.2. The lowest BCUT2D eigenvalue weighted by Crippen LogP contribution is -2.51. The topological polar surface area (TPSA) is 170 Å². The number of ether oxygens (including phenoxy) is 1. The van der Waals surface area contributed by atoms with Gasteiger partial charge in [-0.2, -0.15) is 0 Å². The molecule has 1 fully saturated rings. The predicted octanol–water partition coefficient (Wildman–Crippen LogP) is 3.63. The molecule has 13 nitrogen and oxygen atoms in total. The second-order valence-corrected chi connectivity index (χ2v) is 12.0. The van der Waals surface area contributed by atoms with Crippen LogP contribution in [0.1, 0.15) is 37.6 Å². The highest BCUT2D eigenvalue weighted by molar-refractivity contribution is 9.11. The maximum Gasteiger partial charge on any atom is 0.529 e. The first-order valence-electron chi connectivity index (χ1n) is 13.1. The van der Waals surface area contributed by atoms with Gasteiger partial charge in [0.05, 0.1) is 30.6 Å². The van der Waals surface area contributed by atoms with Crippen LogP contribution in [0.5, 0.6) is 0 Å². The zero-order chi connectivity index (χ0) is 31.2. The molecular formula is C28H31BrN3O10P. The van der Waals surface area contributed by atoms with E-state index in [9.17, 15) is 28.9 Å². The number of aliphatic hydroxyl groups is 1. The number of benzene rings is 2. The Morgan fingerprint density at radius 3 is 2.49 bits per heavy atom. The quantitative estimate of drug-likeness (QED) is 0.189. The van der Waals surface area contributed by atoms with Gasteiger partial charge in [0.15, 0.2) is 5.54 Å². The molecule has 1 saturated heterocycles. The van der Waals surface area contributed by atoms with Gasteiger partial charge >= 0.3 is 19.5 Å². The number of phosphoric ester groups is 1. The van der Waals surface area contributed by atoms with Crippen LogP contribution in [0.3, 0.4) is 0 Å². The van der Waals surface area contributed by atoms with Gasteiger partial charge in [-0.1, -0.05) is 64.5 Å². The first-order chi connectivity index (χ1) is 20.4. The van der Waals surface area contributed by atoms with Gasteiger partial charge in [-0.15, -0.1) is 0 Å². The molecule has 43 heavy (non-hydrogen) atoms. The van der Waals surface area contributed by atoms with E-state index in [0.29, 0.717) is 5.69 Å². The highest BCUT2D eigenvalue weighted by atomic mass is 79.9. The number of aromatic amines is 1. The van der Waals surface area contributed by atoms with Gasteiger partial charge in [-0.25, -0.2) is 19.2 Å². The van der Waals surface area contributed by atoms with Gasteiger partial charge in [-0.3, -0.25) is 28.6 Å². The summed E-state index contributed by atoms with van der Waals surface area (Å²) in [5.74, 6) is -1.12. The lowest BCUT2D eigenvalue weighted by molar-refractivity contribution is -0.145. The molecule has 1 unspecified atom stereocenters. The Morgan fingerprint density at radius 1 is 1.19 bits per heavy atom. The van der Waals surface area contributed by atoms with Crippen LogP contribution in [-0.2, 0) is 34.6 Å². The van der Waals surface area contributed by atoms with Gasteiger partial charge in [0.25, 0.3) is 5.56 Å². The van der Waals surface area contributed by atoms with Gasteiger partial charge in [0, 0.05) is 12.6 Å². The monoisotopic (exact) mass is 679 g/mol. The van der Waals surface area contributed by atoms with Gasteiger partial charge < -0.3 is 14.4 Å². The molecule has 3 aromatic rings. The molecule has 0 spiro atoms. The molecule has 1 aliphatic heterocycles. The number of nitrogens with one attached hydrogen (secondary N) is 1. The lowest BCUT2D eigenvalue weighted by Gasteiger charge is -2.37. The molecule has 15 heteroatoms. The minimum Gasteiger partial charge on any atom is -0.390 e. The highest BCUT2D eigenvalue weighted by Gasteiger charge is 2.44. The number of para-hydroxylation sites is 1.